The van der Waals surface area contributed by atoms with Crippen LogP contribution in [0, 0.1) is 0 Å². The Morgan fingerprint density at radius 3 is 2.78 bits per heavy atom. The molecule has 0 amide bonds. The van der Waals surface area contributed by atoms with Crippen molar-refractivity contribution in [3.8, 4) is 5.75 Å². The Hall–Kier alpha value is -1.33. The maximum atomic E-state index is 11.5. The molecule has 0 unspecified atom stereocenters. The van der Waals surface area contributed by atoms with Gasteiger partial charge in [-0.3, -0.25) is 9.69 Å². The van der Waals surface area contributed by atoms with Crippen LogP contribution in [0.5, 0.6) is 5.75 Å². The van der Waals surface area contributed by atoms with Crippen LogP contribution in [0.1, 0.15) is 19.0 Å². The quantitative estimate of drug-likeness (QED) is 0.861. The lowest BCUT2D eigenvalue weighted by molar-refractivity contribution is 0.0330. The number of morpholine rings is 1. The zero-order chi connectivity index (χ0) is 13.0. The molecule has 0 atom stereocenters. The standard InChI is InChI=1S/C13H20N2O3/c1-2-3-15-10-13(17)12(16)8-11(15)9-14-4-6-18-7-5-14/h8,10,17H,2-7,9H2,1H3. The van der Waals surface area contributed by atoms with Gasteiger partial charge in [0.25, 0.3) is 0 Å². The number of aromatic nitrogens is 1. The highest BCUT2D eigenvalue weighted by Gasteiger charge is 2.13. The molecule has 5 heteroatoms. The minimum absolute atomic E-state index is 0.172. The lowest BCUT2D eigenvalue weighted by Gasteiger charge is -2.27. The van der Waals surface area contributed by atoms with Gasteiger partial charge in [-0.25, -0.2) is 0 Å². The monoisotopic (exact) mass is 252 g/mol. The van der Waals surface area contributed by atoms with Crippen molar-refractivity contribution in [3.63, 3.8) is 0 Å². The van der Waals surface area contributed by atoms with Crippen LogP contribution in [0.15, 0.2) is 17.1 Å². The van der Waals surface area contributed by atoms with Gasteiger partial charge in [0.05, 0.1) is 19.4 Å². The summed E-state index contributed by atoms with van der Waals surface area (Å²) in [6.07, 6.45) is 2.51. The number of nitrogens with zero attached hydrogens (tertiary/aromatic N) is 2. The molecule has 2 rings (SSSR count). The molecule has 0 spiro atoms. The summed E-state index contributed by atoms with van der Waals surface area (Å²) in [5.41, 5.74) is 0.659. The van der Waals surface area contributed by atoms with Crippen LogP contribution < -0.4 is 5.43 Å². The van der Waals surface area contributed by atoms with Gasteiger partial charge in [0.1, 0.15) is 0 Å². The first-order valence-corrected chi connectivity index (χ1v) is 6.43. The Kier molecular flexibility index (Phi) is 4.38. The first-order chi connectivity index (χ1) is 8.70. The second-order valence-corrected chi connectivity index (χ2v) is 4.60. The highest BCUT2D eigenvalue weighted by atomic mass is 16.5. The van der Waals surface area contributed by atoms with Crippen molar-refractivity contribution >= 4 is 0 Å². The van der Waals surface area contributed by atoms with E-state index < -0.39 is 0 Å². The summed E-state index contributed by atoms with van der Waals surface area (Å²) in [5, 5.41) is 9.49. The van der Waals surface area contributed by atoms with Crippen LogP contribution >= 0.6 is 0 Å². The average molecular weight is 252 g/mol. The summed E-state index contributed by atoms with van der Waals surface area (Å²) >= 11 is 0. The normalized spacial score (nSPS) is 16.9. The van der Waals surface area contributed by atoms with Crippen molar-refractivity contribution in [2.75, 3.05) is 26.3 Å². The largest absolute Gasteiger partial charge is 0.503 e. The van der Waals surface area contributed by atoms with Gasteiger partial charge in [0.2, 0.25) is 5.43 Å². The lowest BCUT2D eigenvalue weighted by atomic mass is 10.2. The number of aryl methyl sites for hydroxylation is 1. The molecule has 1 aromatic heterocycles. The molecule has 0 aromatic carbocycles. The molecule has 0 aliphatic carbocycles. The number of aromatic hydroxyl groups is 1. The molecule has 2 heterocycles. The molecule has 1 N–H and O–H groups in total. The Bertz CT molecular complexity index is 450. The molecule has 1 saturated heterocycles. The second-order valence-electron chi connectivity index (χ2n) is 4.60. The van der Waals surface area contributed by atoms with E-state index in [0.717, 1.165) is 51.5 Å². The zero-order valence-corrected chi connectivity index (χ0v) is 10.8. The van der Waals surface area contributed by atoms with E-state index in [9.17, 15) is 9.90 Å². The first-order valence-electron chi connectivity index (χ1n) is 6.43. The summed E-state index contributed by atoms with van der Waals surface area (Å²) in [6, 6.07) is 1.54. The van der Waals surface area contributed by atoms with Crippen molar-refractivity contribution in [2.24, 2.45) is 0 Å². The van der Waals surface area contributed by atoms with Gasteiger partial charge in [-0.05, 0) is 6.42 Å². The van der Waals surface area contributed by atoms with E-state index in [2.05, 4.69) is 11.8 Å². The predicted molar refractivity (Wildman–Crippen MR) is 68.8 cm³/mol. The molecular formula is C13H20N2O3. The van der Waals surface area contributed by atoms with Gasteiger partial charge in [-0.2, -0.15) is 0 Å². The Morgan fingerprint density at radius 1 is 1.39 bits per heavy atom. The Morgan fingerprint density at radius 2 is 2.11 bits per heavy atom. The van der Waals surface area contributed by atoms with E-state index >= 15 is 0 Å². The van der Waals surface area contributed by atoms with Crippen LogP contribution in [-0.2, 0) is 17.8 Å². The van der Waals surface area contributed by atoms with Crippen molar-refractivity contribution in [3.05, 3.63) is 28.2 Å². The molecule has 0 bridgehead atoms. The number of rotatable bonds is 4. The first kappa shape index (κ1) is 13.1. The lowest BCUT2D eigenvalue weighted by Crippen LogP contribution is -2.36. The smallest absolute Gasteiger partial charge is 0.223 e. The van der Waals surface area contributed by atoms with Crippen LogP contribution in [-0.4, -0.2) is 40.9 Å². The fourth-order valence-corrected chi connectivity index (χ4v) is 2.18. The summed E-state index contributed by atoms with van der Waals surface area (Å²) in [7, 11) is 0. The molecule has 100 valence electrons. The van der Waals surface area contributed by atoms with E-state index in [1.54, 1.807) is 12.3 Å². The van der Waals surface area contributed by atoms with E-state index in [1.165, 1.54) is 0 Å². The van der Waals surface area contributed by atoms with Crippen LogP contribution in [0.3, 0.4) is 0 Å². The predicted octanol–water partition coefficient (Wildman–Crippen LogP) is 0.796. The minimum Gasteiger partial charge on any atom is -0.503 e. The number of ether oxygens (including phenoxy) is 1. The molecule has 1 fully saturated rings. The third-order valence-electron chi connectivity index (χ3n) is 3.15. The molecule has 1 aliphatic heterocycles. The Balaban J connectivity index is 2.18. The van der Waals surface area contributed by atoms with Gasteiger partial charge >= 0.3 is 0 Å². The highest BCUT2D eigenvalue weighted by molar-refractivity contribution is 5.20. The van der Waals surface area contributed by atoms with Gasteiger partial charge in [0, 0.05) is 37.9 Å². The fourth-order valence-electron chi connectivity index (χ4n) is 2.18. The van der Waals surface area contributed by atoms with E-state index in [-0.39, 0.29) is 11.2 Å². The summed E-state index contributed by atoms with van der Waals surface area (Å²) in [6.45, 7) is 6.90. The number of hydrogen-bond acceptors (Lipinski definition) is 4. The Labute approximate surface area is 107 Å². The van der Waals surface area contributed by atoms with Gasteiger partial charge in [-0.15, -0.1) is 0 Å². The molecule has 18 heavy (non-hydrogen) atoms. The van der Waals surface area contributed by atoms with Crippen LogP contribution in [0.2, 0.25) is 0 Å². The van der Waals surface area contributed by atoms with Crippen LogP contribution in [0.25, 0.3) is 0 Å². The van der Waals surface area contributed by atoms with Crippen molar-refractivity contribution in [2.45, 2.75) is 26.4 Å². The molecule has 0 radical (unpaired) electrons. The summed E-state index contributed by atoms with van der Waals surface area (Å²) in [5.74, 6) is -0.172. The van der Waals surface area contributed by atoms with Gasteiger partial charge in [-0.1, -0.05) is 6.92 Å². The number of pyridine rings is 1. The summed E-state index contributed by atoms with van der Waals surface area (Å²) < 4.78 is 7.27. The third-order valence-corrected chi connectivity index (χ3v) is 3.15. The van der Waals surface area contributed by atoms with Gasteiger partial charge < -0.3 is 14.4 Å². The van der Waals surface area contributed by atoms with Crippen molar-refractivity contribution in [1.82, 2.24) is 9.47 Å². The second kappa shape index (κ2) is 6.02. The average Bonchev–Trinajstić information content (AvgIpc) is 2.37. The topological polar surface area (TPSA) is 54.7 Å². The third kappa shape index (κ3) is 3.11. The molecule has 1 aromatic rings. The van der Waals surface area contributed by atoms with Crippen molar-refractivity contribution < 1.29 is 9.84 Å². The number of hydrogen-bond donors (Lipinski definition) is 1. The SMILES string of the molecule is CCCn1cc(O)c(=O)cc1CN1CCOCC1. The molecule has 5 nitrogen and oxygen atoms in total. The summed E-state index contributed by atoms with van der Waals surface area (Å²) in [4.78, 5) is 13.8. The molecular weight excluding hydrogens is 232 g/mol. The van der Waals surface area contributed by atoms with E-state index in [1.807, 2.05) is 4.57 Å². The maximum absolute atomic E-state index is 11.5. The fraction of sp³-hybridized carbons (Fsp3) is 0.615. The maximum Gasteiger partial charge on any atom is 0.223 e. The molecule has 1 aliphatic rings. The van der Waals surface area contributed by atoms with E-state index in [0.29, 0.717) is 0 Å². The zero-order valence-electron chi connectivity index (χ0n) is 10.8. The van der Waals surface area contributed by atoms with E-state index in [4.69, 9.17) is 4.74 Å². The van der Waals surface area contributed by atoms with Crippen LogP contribution in [0.4, 0.5) is 0 Å². The van der Waals surface area contributed by atoms with Gasteiger partial charge in [0.15, 0.2) is 5.75 Å². The minimum atomic E-state index is -0.300. The van der Waals surface area contributed by atoms with Crippen molar-refractivity contribution in [1.29, 1.82) is 0 Å². The highest BCUT2D eigenvalue weighted by Crippen LogP contribution is 2.10. The molecule has 0 saturated carbocycles.